The molecule has 0 spiro atoms. The van der Waals surface area contributed by atoms with Gasteiger partial charge in [-0.05, 0) is 25.1 Å². The van der Waals surface area contributed by atoms with Crippen molar-refractivity contribution in [3.63, 3.8) is 0 Å². The minimum absolute atomic E-state index is 0.112. The first-order valence-corrected chi connectivity index (χ1v) is 8.25. The van der Waals surface area contributed by atoms with E-state index < -0.39 is 42.0 Å². The Kier molecular flexibility index (Phi) is 5.16. The third-order valence-corrected chi connectivity index (χ3v) is 4.16. The predicted octanol–water partition coefficient (Wildman–Crippen LogP) is 2.20. The highest BCUT2D eigenvalue weighted by atomic mass is 19.2. The zero-order valence-corrected chi connectivity index (χ0v) is 14.4. The smallest absolute Gasteiger partial charge is 0.332 e. The van der Waals surface area contributed by atoms with Gasteiger partial charge in [0.05, 0.1) is 10.9 Å². The molecule has 8 heteroatoms. The van der Waals surface area contributed by atoms with E-state index in [2.05, 4.69) is 0 Å². The SMILES string of the molecule is CCn1c(=O)c2ccccc2n(CC(=O)OCc2cccc(F)c2F)c1=O. The number of hydrogen-bond donors (Lipinski definition) is 0. The fourth-order valence-electron chi connectivity index (χ4n) is 2.80. The number of halogens is 2. The lowest BCUT2D eigenvalue weighted by atomic mass is 10.2. The van der Waals surface area contributed by atoms with Crippen molar-refractivity contribution in [1.82, 2.24) is 9.13 Å². The maximum atomic E-state index is 13.6. The molecule has 1 heterocycles. The van der Waals surface area contributed by atoms with Crippen molar-refractivity contribution in [3.8, 4) is 0 Å². The molecule has 0 aliphatic heterocycles. The molecule has 27 heavy (non-hydrogen) atoms. The summed E-state index contributed by atoms with van der Waals surface area (Å²) >= 11 is 0. The molecule has 0 radical (unpaired) electrons. The Balaban J connectivity index is 1.90. The van der Waals surface area contributed by atoms with Crippen LogP contribution in [0.15, 0.2) is 52.1 Å². The van der Waals surface area contributed by atoms with Crippen LogP contribution in [0.3, 0.4) is 0 Å². The van der Waals surface area contributed by atoms with Gasteiger partial charge >= 0.3 is 11.7 Å². The van der Waals surface area contributed by atoms with E-state index in [0.717, 1.165) is 15.2 Å². The van der Waals surface area contributed by atoms with Gasteiger partial charge < -0.3 is 4.74 Å². The van der Waals surface area contributed by atoms with Crippen molar-refractivity contribution >= 4 is 16.9 Å². The number of hydrogen-bond acceptors (Lipinski definition) is 4. The van der Waals surface area contributed by atoms with Crippen LogP contribution < -0.4 is 11.2 Å². The highest BCUT2D eigenvalue weighted by molar-refractivity contribution is 5.80. The number of carbonyl (C=O) groups excluding carboxylic acids is 1. The first-order valence-electron chi connectivity index (χ1n) is 8.25. The number of nitrogens with zero attached hydrogens (tertiary/aromatic N) is 2. The summed E-state index contributed by atoms with van der Waals surface area (Å²) in [6.45, 7) is 0.859. The Morgan fingerprint density at radius 1 is 1.04 bits per heavy atom. The summed E-state index contributed by atoms with van der Waals surface area (Å²) in [5, 5.41) is 0.294. The van der Waals surface area contributed by atoms with Crippen LogP contribution in [0.25, 0.3) is 10.9 Å². The molecular weight excluding hydrogens is 358 g/mol. The third-order valence-electron chi connectivity index (χ3n) is 4.16. The Labute approximate surface area is 152 Å². The quantitative estimate of drug-likeness (QED) is 0.642. The molecule has 0 amide bonds. The number of benzene rings is 2. The van der Waals surface area contributed by atoms with Gasteiger partial charge in [-0.25, -0.2) is 13.6 Å². The molecule has 0 fully saturated rings. The fourth-order valence-corrected chi connectivity index (χ4v) is 2.80. The number of rotatable bonds is 5. The number of fused-ring (bicyclic) bond motifs is 1. The first kappa shape index (κ1) is 18.5. The van der Waals surface area contributed by atoms with E-state index >= 15 is 0 Å². The van der Waals surface area contributed by atoms with E-state index in [4.69, 9.17) is 4.74 Å². The number of aromatic nitrogens is 2. The summed E-state index contributed by atoms with van der Waals surface area (Å²) in [7, 11) is 0. The fraction of sp³-hybridized carbons (Fsp3) is 0.211. The first-order chi connectivity index (χ1) is 12.9. The van der Waals surface area contributed by atoms with Gasteiger partial charge in [0.25, 0.3) is 5.56 Å². The maximum absolute atomic E-state index is 13.6. The summed E-state index contributed by atoms with van der Waals surface area (Å²) in [4.78, 5) is 37.1. The molecule has 0 bridgehead atoms. The minimum atomic E-state index is -1.09. The average Bonchev–Trinajstić information content (AvgIpc) is 2.67. The van der Waals surface area contributed by atoms with Crippen molar-refractivity contribution in [3.05, 3.63) is 80.5 Å². The van der Waals surface area contributed by atoms with Crippen LogP contribution in [-0.2, 0) is 29.2 Å². The standard InChI is InChI=1S/C19H16F2N2O4/c1-2-22-18(25)13-7-3-4-9-15(13)23(19(22)26)10-16(24)27-11-12-6-5-8-14(20)17(12)21/h3-9H,2,10-11H2,1H3. The highest BCUT2D eigenvalue weighted by Crippen LogP contribution is 2.13. The van der Waals surface area contributed by atoms with Gasteiger partial charge in [-0.15, -0.1) is 0 Å². The molecule has 2 aromatic carbocycles. The summed E-state index contributed by atoms with van der Waals surface area (Å²) in [5.74, 6) is -2.94. The Bertz CT molecular complexity index is 1130. The normalized spacial score (nSPS) is 10.9. The average molecular weight is 374 g/mol. The zero-order valence-electron chi connectivity index (χ0n) is 14.4. The van der Waals surface area contributed by atoms with Crippen molar-refractivity contribution in [2.24, 2.45) is 0 Å². The van der Waals surface area contributed by atoms with E-state index in [9.17, 15) is 23.2 Å². The van der Waals surface area contributed by atoms with Gasteiger partial charge in [0, 0.05) is 12.1 Å². The molecule has 0 aliphatic carbocycles. The van der Waals surface area contributed by atoms with Crippen molar-refractivity contribution < 1.29 is 18.3 Å². The molecule has 0 N–H and O–H groups in total. The molecule has 140 valence electrons. The van der Waals surface area contributed by atoms with E-state index in [0.29, 0.717) is 10.9 Å². The Hall–Kier alpha value is -3.29. The van der Waals surface area contributed by atoms with Crippen LogP contribution in [0, 0.1) is 11.6 Å². The summed E-state index contributed by atoms with van der Waals surface area (Å²) in [5.41, 5.74) is -0.898. The van der Waals surface area contributed by atoms with Gasteiger partial charge in [-0.2, -0.15) is 0 Å². The molecule has 0 aliphatic rings. The van der Waals surface area contributed by atoms with Crippen LogP contribution in [0.1, 0.15) is 12.5 Å². The van der Waals surface area contributed by atoms with Crippen LogP contribution in [0.5, 0.6) is 0 Å². The molecule has 3 rings (SSSR count). The molecule has 6 nitrogen and oxygen atoms in total. The number of para-hydroxylation sites is 1. The third kappa shape index (κ3) is 3.51. The van der Waals surface area contributed by atoms with Crippen molar-refractivity contribution in [1.29, 1.82) is 0 Å². The molecule has 1 aromatic heterocycles. The van der Waals surface area contributed by atoms with Gasteiger partial charge in [-0.3, -0.25) is 18.7 Å². The van der Waals surface area contributed by atoms with Crippen LogP contribution in [0.4, 0.5) is 8.78 Å². The largest absolute Gasteiger partial charge is 0.459 e. The van der Waals surface area contributed by atoms with E-state index in [1.807, 2.05) is 0 Å². The minimum Gasteiger partial charge on any atom is -0.459 e. The number of ether oxygens (including phenoxy) is 1. The van der Waals surface area contributed by atoms with Gasteiger partial charge in [0.2, 0.25) is 0 Å². The summed E-state index contributed by atoms with van der Waals surface area (Å²) < 4.78 is 34.0. The lowest BCUT2D eigenvalue weighted by molar-refractivity contribution is -0.145. The predicted molar refractivity (Wildman–Crippen MR) is 94.3 cm³/mol. The molecule has 0 saturated heterocycles. The van der Waals surface area contributed by atoms with Crippen molar-refractivity contribution in [2.75, 3.05) is 0 Å². The second-order valence-corrected chi connectivity index (χ2v) is 5.81. The zero-order chi connectivity index (χ0) is 19.6. The molecular formula is C19H16F2N2O4. The molecule has 3 aromatic rings. The van der Waals surface area contributed by atoms with E-state index in [1.165, 1.54) is 12.1 Å². The molecule has 0 saturated carbocycles. The van der Waals surface area contributed by atoms with Crippen molar-refractivity contribution in [2.45, 2.75) is 26.6 Å². The van der Waals surface area contributed by atoms with Crippen LogP contribution >= 0.6 is 0 Å². The maximum Gasteiger partial charge on any atom is 0.332 e. The lowest BCUT2D eigenvalue weighted by Crippen LogP contribution is -2.40. The summed E-state index contributed by atoms with van der Waals surface area (Å²) in [6, 6.07) is 9.97. The van der Waals surface area contributed by atoms with Gasteiger partial charge in [0.15, 0.2) is 11.6 Å². The lowest BCUT2D eigenvalue weighted by Gasteiger charge is -2.13. The summed E-state index contributed by atoms with van der Waals surface area (Å²) in [6.07, 6.45) is 0. The van der Waals surface area contributed by atoms with Gasteiger partial charge in [-0.1, -0.05) is 24.3 Å². The topological polar surface area (TPSA) is 70.3 Å². The van der Waals surface area contributed by atoms with E-state index in [-0.39, 0.29) is 12.1 Å². The second-order valence-electron chi connectivity index (χ2n) is 5.81. The molecule has 0 atom stereocenters. The van der Waals surface area contributed by atoms with Crippen LogP contribution in [0.2, 0.25) is 0 Å². The second kappa shape index (κ2) is 7.53. The van der Waals surface area contributed by atoms with E-state index in [1.54, 1.807) is 31.2 Å². The molecule has 0 unspecified atom stereocenters. The Morgan fingerprint density at radius 2 is 1.78 bits per heavy atom. The number of carbonyl (C=O) groups is 1. The van der Waals surface area contributed by atoms with Crippen LogP contribution in [-0.4, -0.2) is 15.1 Å². The number of esters is 1. The highest BCUT2D eigenvalue weighted by Gasteiger charge is 2.16. The monoisotopic (exact) mass is 374 g/mol. The van der Waals surface area contributed by atoms with Gasteiger partial charge in [0.1, 0.15) is 13.2 Å². The Morgan fingerprint density at radius 3 is 2.52 bits per heavy atom.